The molecule has 7 rings (SSSR count). The highest BCUT2D eigenvalue weighted by molar-refractivity contribution is 6.03. The summed E-state index contributed by atoms with van der Waals surface area (Å²) in [5, 5.41) is 12.4. The third-order valence-corrected chi connectivity index (χ3v) is 7.48. The molecule has 1 spiro atoms. The molecule has 0 saturated carbocycles. The predicted octanol–water partition coefficient (Wildman–Crippen LogP) is 6.11. The van der Waals surface area contributed by atoms with Gasteiger partial charge in [0.15, 0.2) is 5.60 Å². The van der Waals surface area contributed by atoms with Gasteiger partial charge in [-0.1, -0.05) is 18.2 Å². The Labute approximate surface area is 237 Å². The van der Waals surface area contributed by atoms with E-state index in [1.54, 1.807) is 54.6 Å². The van der Waals surface area contributed by atoms with E-state index in [0.29, 0.717) is 61.2 Å². The second-order valence-corrected chi connectivity index (χ2v) is 10.1. The van der Waals surface area contributed by atoms with Crippen LogP contribution in [0.4, 0.5) is 0 Å². The minimum Gasteiger partial charge on any atom is -0.478 e. The van der Waals surface area contributed by atoms with Crippen LogP contribution in [0.25, 0.3) is 21.5 Å². The molecule has 5 aromatic carbocycles. The van der Waals surface area contributed by atoms with E-state index in [2.05, 4.69) is 0 Å². The lowest BCUT2D eigenvalue weighted by Crippen LogP contribution is -2.33. The average molecular weight is 561 g/mol. The summed E-state index contributed by atoms with van der Waals surface area (Å²) in [6.07, 6.45) is 0. The van der Waals surface area contributed by atoms with E-state index >= 15 is 0 Å². The number of ether oxygens (including phenoxy) is 4. The number of hydrogen-bond acceptors (Lipinski definition) is 8. The highest BCUT2D eigenvalue weighted by atomic mass is 16.6. The molecule has 0 bridgehead atoms. The molecule has 0 fully saturated rings. The van der Waals surface area contributed by atoms with Gasteiger partial charge in [-0.25, -0.2) is 9.59 Å². The van der Waals surface area contributed by atoms with E-state index < -0.39 is 29.5 Å². The summed E-state index contributed by atoms with van der Waals surface area (Å²) >= 11 is 0. The van der Waals surface area contributed by atoms with E-state index in [9.17, 15) is 24.3 Å². The Hall–Kier alpha value is -5.70. The SMILES string of the molecule is CC(=O)Oc1ccc2c3c(ccc2c1)C1(OC(=O)c2cc(C(=O)O)ccc21)c1ccc2cc(OC(C)=O)ccc2c1O3. The summed E-state index contributed by atoms with van der Waals surface area (Å²) in [6, 6.07) is 21.8. The largest absolute Gasteiger partial charge is 0.478 e. The lowest BCUT2D eigenvalue weighted by Gasteiger charge is -2.37. The molecule has 0 unspecified atom stereocenters. The van der Waals surface area contributed by atoms with Crippen molar-refractivity contribution in [3.05, 3.63) is 107 Å². The van der Waals surface area contributed by atoms with Crippen molar-refractivity contribution < 1.29 is 43.2 Å². The number of benzene rings is 5. The van der Waals surface area contributed by atoms with E-state index in [1.807, 2.05) is 12.1 Å². The molecule has 1 N–H and O–H groups in total. The lowest BCUT2D eigenvalue weighted by molar-refractivity contribution is -0.132. The fourth-order valence-corrected chi connectivity index (χ4v) is 5.84. The van der Waals surface area contributed by atoms with Crippen LogP contribution in [0, 0.1) is 0 Å². The van der Waals surface area contributed by atoms with Crippen molar-refractivity contribution in [2.24, 2.45) is 0 Å². The summed E-state index contributed by atoms with van der Waals surface area (Å²) in [4.78, 5) is 48.2. The molecule has 2 aliphatic rings. The first-order chi connectivity index (χ1) is 20.2. The monoisotopic (exact) mass is 560 g/mol. The van der Waals surface area contributed by atoms with Crippen molar-refractivity contribution in [1.82, 2.24) is 0 Å². The van der Waals surface area contributed by atoms with Gasteiger partial charge in [0.05, 0.1) is 11.1 Å². The van der Waals surface area contributed by atoms with Gasteiger partial charge in [0.2, 0.25) is 0 Å². The minimum absolute atomic E-state index is 0.0386. The van der Waals surface area contributed by atoms with Crippen LogP contribution in [0.5, 0.6) is 23.0 Å². The summed E-state index contributed by atoms with van der Waals surface area (Å²) in [6.45, 7) is 2.64. The summed E-state index contributed by atoms with van der Waals surface area (Å²) in [5.41, 5.74) is 0.239. The molecule has 0 atom stereocenters. The van der Waals surface area contributed by atoms with Crippen LogP contribution in [-0.2, 0) is 19.9 Å². The van der Waals surface area contributed by atoms with Gasteiger partial charge in [-0.15, -0.1) is 0 Å². The van der Waals surface area contributed by atoms with Crippen molar-refractivity contribution in [3.8, 4) is 23.0 Å². The van der Waals surface area contributed by atoms with Gasteiger partial charge in [-0.05, 0) is 71.4 Å². The molecule has 2 heterocycles. The predicted molar refractivity (Wildman–Crippen MR) is 149 cm³/mol. The fourth-order valence-electron chi connectivity index (χ4n) is 5.84. The second-order valence-electron chi connectivity index (χ2n) is 10.1. The minimum atomic E-state index is -1.45. The van der Waals surface area contributed by atoms with Crippen LogP contribution in [0.2, 0.25) is 0 Å². The summed E-state index contributed by atoms with van der Waals surface area (Å²) in [5.74, 6) is -1.16. The Morgan fingerprint density at radius 3 is 1.71 bits per heavy atom. The van der Waals surface area contributed by atoms with Crippen molar-refractivity contribution in [2.75, 3.05) is 0 Å². The molecule has 0 saturated heterocycles. The standard InChI is InChI=1S/C33H20O9/c1-16(34)39-21-6-8-23-18(13-21)3-11-27-29(23)41-30-24-9-7-22(40-17(2)35)14-19(24)4-12-28(30)33(27)26-10-5-20(31(36)37)15-25(26)32(38)42-33/h3-15H,1-2H3,(H,36,37). The molecular weight excluding hydrogens is 540 g/mol. The average Bonchev–Trinajstić information content (AvgIpc) is 3.23. The molecule has 0 aliphatic carbocycles. The number of carbonyl (C=O) groups excluding carboxylic acids is 3. The first kappa shape index (κ1) is 25.3. The Morgan fingerprint density at radius 2 is 1.21 bits per heavy atom. The Morgan fingerprint density at radius 1 is 0.690 bits per heavy atom. The maximum Gasteiger partial charge on any atom is 0.340 e. The quantitative estimate of drug-likeness (QED) is 0.205. The lowest BCUT2D eigenvalue weighted by atomic mass is 9.76. The number of carboxylic acid groups (broad SMARTS) is 1. The Bertz CT molecular complexity index is 1950. The van der Waals surface area contributed by atoms with Crippen molar-refractivity contribution >= 4 is 45.4 Å². The highest BCUT2D eigenvalue weighted by Gasteiger charge is 2.54. The summed E-state index contributed by atoms with van der Waals surface area (Å²) in [7, 11) is 0. The third-order valence-electron chi connectivity index (χ3n) is 7.48. The normalized spacial score (nSPS) is 14.0. The van der Waals surface area contributed by atoms with E-state index in [-0.39, 0.29) is 11.1 Å². The molecule has 42 heavy (non-hydrogen) atoms. The van der Waals surface area contributed by atoms with Gasteiger partial charge < -0.3 is 24.1 Å². The fraction of sp³-hybridized carbons (Fsp3) is 0.0909. The molecule has 9 nitrogen and oxygen atoms in total. The molecule has 0 amide bonds. The van der Waals surface area contributed by atoms with Crippen LogP contribution in [0.1, 0.15) is 51.3 Å². The van der Waals surface area contributed by atoms with Crippen molar-refractivity contribution in [2.45, 2.75) is 19.4 Å². The molecule has 0 aromatic heterocycles. The smallest absolute Gasteiger partial charge is 0.340 e. The van der Waals surface area contributed by atoms with E-state index in [0.717, 1.165) is 0 Å². The van der Waals surface area contributed by atoms with Gasteiger partial charge >= 0.3 is 23.9 Å². The third kappa shape index (κ3) is 3.63. The molecule has 0 radical (unpaired) electrons. The summed E-state index contributed by atoms with van der Waals surface area (Å²) < 4.78 is 23.4. The van der Waals surface area contributed by atoms with Crippen LogP contribution >= 0.6 is 0 Å². The molecule has 5 aromatic rings. The van der Waals surface area contributed by atoms with Crippen LogP contribution in [-0.4, -0.2) is 29.0 Å². The van der Waals surface area contributed by atoms with Crippen LogP contribution in [0.3, 0.4) is 0 Å². The number of hydrogen-bond donors (Lipinski definition) is 1. The molecular formula is C33H20O9. The van der Waals surface area contributed by atoms with Crippen molar-refractivity contribution in [1.29, 1.82) is 0 Å². The Balaban J connectivity index is 1.53. The van der Waals surface area contributed by atoms with Gasteiger partial charge in [-0.2, -0.15) is 0 Å². The zero-order chi connectivity index (χ0) is 29.3. The number of carboxylic acids is 1. The first-order valence-corrected chi connectivity index (χ1v) is 13.0. The maximum atomic E-state index is 13.4. The van der Waals surface area contributed by atoms with Gasteiger partial charge in [0, 0.05) is 41.3 Å². The second kappa shape index (κ2) is 8.90. The topological polar surface area (TPSA) is 125 Å². The van der Waals surface area contributed by atoms with Crippen LogP contribution in [0.15, 0.2) is 78.9 Å². The zero-order valence-electron chi connectivity index (χ0n) is 22.2. The molecule has 9 heteroatoms. The Kier molecular flexibility index (Phi) is 5.36. The number of aromatic carboxylic acids is 1. The first-order valence-electron chi connectivity index (χ1n) is 13.0. The van der Waals surface area contributed by atoms with Crippen LogP contribution < -0.4 is 14.2 Å². The number of esters is 3. The highest BCUT2D eigenvalue weighted by Crippen LogP contribution is 2.59. The van der Waals surface area contributed by atoms with Gasteiger partial charge in [0.1, 0.15) is 23.0 Å². The zero-order valence-corrected chi connectivity index (χ0v) is 22.2. The number of fused-ring (bicyclic) bond motifs is 10. The van der Waals surface area contributed by atoms with Gasteiger partial charge in [0.25, 0.3) is 0 Å². The van der Waals surface area contributed by atoms with Gasteiger partial charge in [-0.3, -0.25) is 9.59 Å². The number of rotatable bonds is 3. The molecule has 2 aliphatic heterocycles. The van der Waals surface area contributed by atoms with Crippen molar-refractivity contribution in [3.63, 3.8) is 0 Å². The molecule has 206 valence electrons. The maximum absolute atomic E-state index is 13.4. The number of carbonyl (C=O) groups is 4. The van der Waals surface area contributed by atoms with E-state index in [1.165, 1.54) is 26.0 Å². The van der Waals surface area contributed by atoms with E-state index in [4.69, 9.17) is 18.9 Å².